The first-order valence-electron chi connectivity index (χ1n) is 7.12. The summed E-state index contributed by atoms with van der Waals surface area (Å²) in [7, 11) is 0. The number of benzene rings is 1. The Morgan fingerprint density at radius 3 is 2.76 bits per heavy atom. The van der Waals surface area contributed by atoms with Crippen molar-refractivity contribution in [1.82, 2.24) is 10.3 Å². The van der Waals surface area contributed by atoms with E-state index in [0.29, 0.717) is 0 Å². The highest BCUT2D eigenvalue weighted by Gasteiger charge is 2.16. The molecule has 0 fully saturated rings. The number of rotatable bonds is 3. The summed E-state index contributed by atoms with van der Waals surface area (Å²) in [5, 5.41) is 5.68. The largest absolute Gasteiger partial charge is 0.464 e. The molecule has 2 aromatic heterocycles. The van der Waals surface area contributed by atoms with Gasteiger partial charge >= 0.3 is 0 Å². The minimum atomic E-state index is 0.110. The third-order valence-electron chi connectivity index (χ3n) is 3.38. The van der Waals surface area contributed by atoms with Crippen LogP contribution in [0.2, 0.25) is 0 Å². The van der Waals surface area contributed by atoms with Crippen LogP contribution in [-0.4, -0.2) is 10.5 Å². The summed E-state index contributed by atoms with van der Waals surface area (Å²) in [5.74, 6) is 0. The third-order valence-corrected chi connectivity index (χ3v) is 4.57. The standard InChI is InChI=1S/C17H20N2OS/c1-11-15(9-18-17(2,3)4)21-16(19-11)13-10-20-14-8-6-5-7-12(13)14/h5-8,10,18H,9H2,1-4H3. The molecule has 0 spiro atoms. The molecule has 110 valence electrons. The summed E-state index contributed by atoms with van der Waals surface area (Å²) in [6.07, 6.45) is 1.81. The molecule has 0 unspecified atom stereocenters. The van der Waals surface area contributed by atoms with E-state index in [2.05, 4.69) is 39.1 Å². The molecular weight excluding hydrogens is 280 g/mol. The van der Waals surface area contributed by atoms with Gasteiger partial charge in [-0.3, -0.25) is 0 Å². The SMILES string of the molecule is Cc1nc(-c2coc3ccccc23)sc1CNC(C)(C)C. The van der Waals surface area contributed by atoms with Crippen LogP contribution in [-0.2, 0) is 6.54 Å². The molecule has 3 rings (SSSR count). The summed E-state index contributed by atoms with van der Waals surface area (Å²) >= 11 is 1.74. The first-order valence-corrected chi connectivity index (χ1v) is 7.93. The molecule has 1 N–H and O–H groups in total. The molecule has 1 aromatic carbocycles. The Hall–Kier alpha value is -1.65. The van der Waals surface area contributed by atoms with Gasteiger partial charge in [-0.05, 0) is 33.8 Å². The smallest absolute Gasteiger partial charge is 0.134 e. The van der Waals surface area contributed by atoms with Gasteiger partial charge in [0.25, 0.3) is 0 Å². The number of fused-ring (bicyclic) bond motifs is 1. The maximum atomic E-state index is 5.62. The van der Waals surface area contributed by atoms with E-state index >= 15 is 0 Å². The Morgan fingerprint density at radius 2 is 2.00 bits per heavy atom. The topological polar surface area (TPSA) is 38.1 Å². The maximum absolute atomic E-state index is 5.62. The van der Waals surface area contributed by atoms with Crippen molar-refractivity contribution < 1.29 is 4.42 Å². The summed E-state index contributed by atoms with van der Waals surface area (Å²) in [4.78, 5) is 6.01. The summed E-state index contributed by atoms with van der Waals surface area (Å²) in [6, 6.07) is 8.09. The number of furan rings is 1. The van der Waals surface area contributed by atoms with E-state index in [4.69, 9.17) is 9.40 Å². The van der Waals surface area contributed by atoms with Gasteiger partial charge < -0.3 is 9.73 Å². The fourth-order valence-corrected chi connectivity index (χ4v) is 3.22. The number of hydrogen-bond donors (Lipinski definition) is 1. The highest BCUT2D eigenvalue weighted by Crippen LogP contribution is 2.34. The lowest BCUT2D eigenvalue weighted by Crippen LogP contribution is -2.34. The normalized spacial score (nSPS) is 12.2. The number of thiazole rings is 1. The van der Waals surface area contributed by atoms with Crippen LogP contribution in [0, 0.1) is 6.92 Å². The first kappa shape index (κ1) is 14.3. The van der Waals surface area contributed by atoms with Gasteiger partial charge in [0.2, 0.25) is 0 Å². The molecule has 0 atom stereocenters. The highest BCUT2D eigenvalue weighted by molar-refractivity contribution is 7.15. The molecule has 0 aliphatic rings. The van der Waals surface area contributed by atoms with Crippen LogP contribution in [0.4, 0.5) is 0 Å². The van der Waals surface area contributed by atoms with E-state index in [1.807, 2.05) is 24.5 Å². The van der Waals surface area contributed by atoms with Gasteiger partial charge in [-0.2, -0.15) is 0 Å². The van der Waals surface area contributed by atoms with Crippen LogP contribution in [0.3, 0.4) is 0 Å². The Morgan fingerprint density at radius 1 is 1.24 bits per heavy atom. The predicted molar refractivity (Wildman–Crippen MR) is 88.7 cm³/mol. The number of nitrogens with one attached hydrogen (secondary N) is 1. The summed E-state index contributed by atoms with van der Waals surface area (Å²) in [6.45, 7) is 9.44. The van der Waals surface area contributed by atoms with Crippen molar-refractivity contribution in [3.8, 4) is 10.6 Å². The fourth-order valence-electron chi connectivity index (χ4n) is 2.20. The molecule has 21 heavy (non-hydrogen) atoms. The second-order valence-electron chi connectivity index (χ2n) is 6.28. The minimum Gasteiger partial charge on any atom is -0.464 e. The van der Waals surface area contributed by atoms with Crippen molar-refractivity contribution >= 4 is 22.3 Å². The van der Waals surface area contributed by atoms with Gasteiger partial charge in [0.05, 0.1) is 11.3 Å². The third kappa shape index (κ3) is 3.01. The zero-order valence-electron chi connectivity index (χ0n) is 12.9. The molecule has 3 aromatic rings. The molecule has 0 saturated carbocycles. The van der Waals surface area contributed by atoms with Crippen LogP contribution in [0.5, 0.6) is 0 Å². The monoisotopic (exact) mass is 300 g/mol. The fraction of sp³-hybridized carbons (Fsp3) is 0.353. The van der Waals surface area contributed by atoms with E-state index in [-0.39, 0.29) is 5.54 Å². The van der Waals surface area contributed by atoms with Gasteiger partial charge in [0, 0.05) is 22.3 Å². The second kappa shape index (κ2) is 5.28. The predicted octanol–water partition coefficient (Wildman–Crippen LogP) is 4.75. The van der Waals surface area contributed by atoms with Crippen molar-refractivity contribution in [1.29, 1.82) is 0 Å². The van der Waals surface area contributed by atoms with Gasteiger partial charge in [0.1, 0.15) is 16.9 Å². The van der Waals surface area contributed by atoms with E-state index in [0.717, 1.165) is 33.8 Å². The van der Waals surface area contributed by atoms with Gasteiger partial charge in [-0.25, -0.2) is 4.98 Å². The number of para-hydroxylation sites is 1. The van der Waals surface area contributed by atoms with Gasteiger partial charge in [0.15, 0.2) is 0 Å². The lowest BCUT2D eigenvalue weighted by Gasteiger charge is -2.19. The van der Waals surface area contributed by atoms with Crippen molar-refractivity contribution in [2.75, 3.05) is 0 Å². The first-order chi connectivity index (χ1) is 9.94. The highest BCUT2D eigenvalue weighted by atomic mass is 32.1. The second-order valence-corrected chi connectivity index (χ2v) is 7.36. The molecule has 0 aliphatic heterocycles. The van der Waals surface area contributed by atoms with Crippen molar-refractivity contribution in [3.05, 3.63) is 41.1 Å². The number of nitrogens with zero attached hydrogens (tertiary/aromatic N) is 1. The molecule has 0 saturated heterocycles. The van der Waals surface area contributed by atoms with E-state index in [1.165, 1.54) is 4.88 Å². The number of aromatic nitrogens is 1. The zero-order valence-corrected chi connectivity index (χ0v) is 13.7. The molecule has 0 radical (unpaired) electrons. The van der Waals surface area contributed by atoms with Crippen LogP contribution < -0.4 is 5.32 Å². The lowest BCUT2D eigenvalue weighted by molar-refractivity contribution is 0.425. The summed E-state index contributed by atoms with van der Waals surface area (Å²) in [5.41, 5.74) is 3.20. The molecule has 0 aliphatic carbocycles. The zero-order chi connectivity index (χ0) is 15.0. The molecular formula is C17H20N2OS. The maximum Gasteiger partial charge on any atom is 0.134 e. The molecule has 4 heteroatoms. The van der Waals surface area contributed by atoms with E-state index < -0.39 is 0 Å². The van der Waals surface area contributed by atoms with Crippen LogP contribution in [0.15, 0.2) is 34.9 Å². The molecule has 0 bridgehead atoms. The molecule has 2 heterocycles. The Labute approximate surface area is 129 Å². The quantitative estimate of drug-likeness (QED) is 0.758. The molecule has 0 amide bonds. The van der Waals surface area contributed by atoms with Crippen molar-refractivity contribution in [2.24, 2.45) is 0 Å². The number of aryl methyl sites for hydroxylation is 1. The van der Waals surface area contributed by atoms with Gasteiger partial charge in [-0.1, -0.05) is 18.2 Å². The van der Waals surface area contributed by atoms with Crippen LogP contribution >= 0.6 is 11.3 Å². The van der Waals surface area contributed by atoms with Crippen molar-refractivity contribution in [3.63, 3.8) is 0 Å². The van der Waals surface area contributed by atoms with Crippen LogP contribution in [0.1, 0.15) is 31.3 Å². The molecule has 3 nitrogen and oxygen atoms in total. The minimum absolute atomic E-state index is 0.110. The van der Waals surface area contributed by atoms with Gasteiger partial charge in [-0.15, -0.1) is 11.3 Å². The van der Waals surface area contributed by atoms with Crippen LogP contribution in [0.25, 0.3) is 21.5 Å². The summed E-state index contributed by atoms with van der Waals surface area (Å²) < 4.78 is 5.62. The average molecular weight is 300 g/mol. The van der Waals surface area contributed by atoms with Crippen molar-refractivity contribution in [2.45, 2.75) is 39.8 Å². The lowest BCUT2D eigenvalue weighted by atomic mass is 10.1. The Balaban J connectivity index is 1.93. The Kier molecular flexibility index (Phi) is 3.59. The van der Waals surface area contributed by atoms with E-state index in [1.54, 1.807) is 11.3 Å². The average Bonchev–Trinajstić information content (AvgIpc) is 2.99. The Bertz CT molecular complexity index is 765. The van der Waals surface area contributed by atoms with E-state index in [9.17, 15) is 0 Å². The number of hydrogen-bond acceptors (Lipinski definition) is 4.